The van der Waals surface area contributed by atoms with Crippen LogP contribution in [0.3, 0.4) is 0 Å². The van der Waals surface area contributed by atoms with Crippen molar-refractivity contribution >= 4 is 50.8 Å². The molecule has 2 aromatic rings. The van der Waals surface area contributed by atoms with Gasteiger partial charge in [-0.1, -0.05) is 26.0 Å². The first kappa shape index (κ1) is 26.1. The first-order valence-corrected chi connectivity index (χ1v) is 12.6. The second kappa shape index (κ2) is 12.8. The molecular weight excluding hydrogens is 518 g/mol. The second-order valence-electron chi connectivity index (χ2n) is 8.48. The second-order valence-corrected chi connectivity index (χ2v) is 9.74. The van der Waals surface area contributed by atoms with Crippen molar-refractivity contribution in [3.8, 4) is 5.75 Å². The highest BCUT2D eigenvalue weighted by molar-refractivity contribution is 9.10. The van der Waals surface area contributed by atoms with Crippen molar-refractivity contribution in [2.45, 2.75) is 39.2 Å². The predicted octanol–water partition coefficient (Wildman–Crippen LogP) is 4.91. The van der Waals surface area contributed by atoms with Gasteiger partial charge in [0.25, 0.3) is 11.8 Å². The van der Waals surface area contributed by atoms with Gasteiger partial charge in [-0.2, -0.15) is 0 Å². The van der Waals surface area contributed by atoms with E-state index in [9.17, 15) is 9.59 Å². The summed E-state index contributed by atoms with van der Waals surface area (Å²) in [5.74, 6) is 0.632. The summed E-state index contributed by atoms with van der Waals surface area (Å²) in [6, 6.07) is 12.1. The maximum atomic E-state index is 12.7. The summed E-state index contributed by atoms with van der Waals surface area (Å²) >= 11 is 8.78. The average molecular weight is 549 g/mol. The molecule has 1 aliphatic rings. The lowest BCUT2D eigenvalue weighted by molar-refractivity contribution is 0.0858. The maximum absolute atomic E-state index is 12.7. The van der Waals surface area contributed by atoms with Gasteiger partial charge in [0.1, 0.15) is 5.75 Å². The molecule has 0 saturated carbocycles. The molecule has 0 spiro atoms. The number of hydrogen-bond acceptors (Lipinski definition) is 5. The molecule has 1 heterocycles. The number of anilines is 1. The Kier molecular flexibility index (Phi) is 9.86. The van der Waals surface area contributed by atoms with Crippen molar-refractivity contribution in [1.82, 2.24) is 10.6 Å². The minimum atomic E-state index is -0.368. The van der Waals surface area contributed by atoms with E-state index < -0.39 is 0 Å². The van der Waals surface area contributed by atoms with Crippen LogP contribution in [0.25, 0.3) is 0 Å². The fourth-order valence-corrected chi connectivity index (χ4v) is 4.09. The van der Waals surface area contributed by atoms with E-state index in [4.69, 9.17) is 21.7 Å². The number of thiocarbonyl (C=S) groups is 1. The lowest BCUT2D eigenvalue weighted by Gasteiger charge is -2.15. The van der Waals surface area contributed by atoms with Crippen LogP contribution in [0.1, 0.15) is 53.8 Å². The first-order valence-electron chi connectivity index (χ1n) is 11.4. The monoisotopic (exact) mass is 547 g/mol. The molecule has 1 fully saturated rings. The first-order chi connectivity index (χ1) is 16.3. The fourth-order valence-electron chi connectivity index (χ4n) is 3.39. The van der Waals surface area contributed by atoms with Crippen molar-refractivity contribution in [3.63, 3.8) is 0 Å². The van der Waals surface area contributed by atoms with Crippen molar-refractivity contribution in [2.75, 3.05) is 25.1 Å². The number of para-hydroxylation sites is 1. The molecule has 1 unspecified atom stereocenters. The van der Waals surface area contributed by atoms with Crippen LogP contribution in [-0.2, 0) is 4.74 Å². The van der Waals surface area contributed by atoms with Gasteiger partial charge >= 0.3 is 0 Å². The Morgan fingerprint density at radius 2 is 2.00 bits per heavy atom. The maximum Gasteiger partial charge on any atom is 0.257 e. The minimum absolute atomic E-state index is 0.0516. The van der Waals surface area contributed by atoms with Crippen LogP contribution < -0.4 is 20.7 Å². The molecule has 0 aliphatic carbocycles. The molecular formula is C25H30BrN3O4S. The molecule has 7 nitrogen and oxygen atoms in total. The third-order valence-corrected chi connectivity index (χ3v) is 6.13. The standard InChI is InChI=1S/C25H30BrN3O4S/c1-16(2)11-13-33-22-10-9-17(14-20(22)26)23(30)29-25(34)28-21-8-4-3-7-19(21)24(31)27-15-18-6-5-12-32-18/h3-4,7-10,14,16,18H,5-6,11-13,15H2,1-2H3,(H,27,31)(H2,28,29,30,34). The van der Waals surface area contributed by atoms with Gasteiger partial charge in [0, 0.05) is 18.7 Å². The van der Waals surface area contributed by atoms with Gasteiger partial charge < -0.3 is 20.1 Å². The van der Waals surface area contributed by atoms with Crippen molar-refractivity contribution in [1.29, 1.82) is 0 Å². The van der Waals surface area contributed by atoms with Gasteiger partial charge in [-0.15, -0.1) is 0 Å². The number of carbonyl (C=O) groups excluding carboxylic acids is 2. The Labute approximate surface area is 214 Å². The summed E-state index contributed by atoms with van der Waals surface area (Å²) in [6.45, 7) is 6.08. The van der Waals surface area contributed by atoms with Crippen molar-refractivity contribution in [2.24, 2.45) is 5.92 Å². The molecule has 2 aromatic carbocycles. The summed E-state index contributed by atoms with van der Waals surface area (Å²) in [5, 5.41) is 8.61. The normalized spacial score (nSPS) is 15.1. The van der Waals surface area contributed by atoms with Crippen molar-refractivity contribution < 1.29 is 19.1 Å². The van der Waals surface area contributed by atoms with Crippen molar-refractivity contribution in [3.05, 3.63) is 58.1 Å². The number of amides is 2. The Morgan fingerprint density at radius 3 is 2.71 bits per heavy atom. The van der Waals surface area contributed by atoms with Gasteiger partial charge in [0.2, 0.25) is 0 Å². The molecule has 1 atom stereocenters. The van der Waals surface area contributed by atoms with Crippen LogP contribution in [0.15, 0.2) is 46.9 Å². The summed E-state index contributed by atoms with van der Waals surface area (Å²) in [6.07, 6.45) is 2.95. The lowest BCUT2D eigenvalue weighted by atomic mass is 10.1. The molecule has 182 valence electrons. The quantitative estimate of drug-likeness (QED) is 0.386. The van der Waals surface area contributed by atoms with Crippen LogP contribution in [0.4, 0.5) is 5.69 Å². The van der Waals surface area contributed by atoms with E-state index in [1.807, 2.05) is 0 Å². The van der Waals surface area contributed by atoms with Crippen LogP contribution in [-0.4, -0.2) is 42.8 Å². The predicted molar refractivity (Wildman–Crippen MR) is 141 cm³/mol. The Hall–Kier alpha value is -2.49. The van der Waals surface area contributed by atoms with E-state index in [0.29, 0.717) is 46.1 Å². The van der Waals surface area contributed by atoms with Gasteiger partial charge in [0.05, 0.1) is 28.4 Å². The lowest BCUT2D eigenvalue weighted by Crippen LogP contribution is -2.35. The summed E-state index contributed by atoms with van der Waals surface area (Å²) in [4.78, 5) is 25.4. The number of carbonyl (C=O) groups is 2. The van der Waals surface area contributed by atoms with Crippen LogP contribution in [0, 0.1) is 5.92 Å². The number of halogens is 1. The number of rotatable bonds is 9. The highest BCUT2D eigenvalue weighted by atomic mass is 79.9. The highest BCUT2D eigenvalue weighted by Gasteiger charge is 2.18. The van der Waals surface area contributed by atoms with E-state index in [2.05, 4.69) is 45.7 Å². The molecule has 2 amide bonds. The van der Waals surface area contributed by atoms with Gasteiger partial charge in [-0.25, -0.2) is 0 Å². The Balaban J connectivity index is 1.56. The van der Waals surface area contributed by atoms with Crippen LogP contribution in [0.2, 0.25) is 0 Å². The summed E-state index contributed by atoms with van der Waals surface area (Å²) in [7, 11) is 0. The molecule has 34 heavy (non-hydrogen) atoms. The molecule has 1 saturated heterocycles. The Morgan fingerprint density at radius 1 is 1.21 bits per heavy atom. The fraction of sp³-hybridized carbons (Fsp3) is 0.400. The van der Waals surface area contributed by atoms with E-state index in [1.165, 1.54) is 0 Å². The average Bonchev–Trinajstić information content (AvgIpc) is 3.32. The minimum Gasteiger partial charge on any atom is -0.492 e. The van der Waals surface area contributed by atoms with Crippen LogP contribution in [0.5, 0.6) is 5.75 Å². The van der Waals surface area contributed by atoms with Gasteiger partial charge in [-0.3, -0.25) is 14.9 Å². The number of nitrogens with one attached hydrogen (secondary N) is 3. The molecule has 3 rings (SSSR count). The van der Waals surface area contributed by atoms with Crippen LogP contribution >= 0.6 is 28.1 Å². The molecule has 3 N–H and O–H groups in total. The van der Waals surface area contributed by atoms with E-state index in [0.717, 1.165) is 25.9 Å². The van der Waals surface area contributed by atoms with E-state index >= 15 is 0 Å². The molecule has 0 aromatic heterocycles. The summed E-state index contributed by atoms with van der Waals surface area (Å²) in [5.41, 5.74) is 1.37. The topological polar surface area (TPSA) is 88.7 Å². The van der Waals surface area contributed by atoms with E-state index in [1.54, 1.807) is 42.5 Å². The van der Waals surface area contributed by atoms with Gasteiger partial charge in [0.15, 0.2) is 5.11 Å². The molecule has 1 aliphatic heterocycles. The zero-order valence-corrected chi connectivity index (χ0v) is 21.8. The molecule has 9 heteroatoms. The summed E-state index contributed by atoms with van der Waals surface area (Å²) < 4.78 is 12.0. The third-order valence-electron chi connectivity index (χ3n) is 5.31. The zero-order valence-electron chi connectivity index (χ0n) is 19.4. The smallest absolute Gasteiger partial charge is 0.257 e. The number of hydrogen-bond donors (Lipinski definition) is 3. The zero-order chi connectivity index (χ0) is 24.5. The SMILES string of the molecule is CC(C)CCOc1ccc(C(=O)NC(=S)Nc2ccccc2C(=O)NCC2CCCO2)cc1Br. The molecule has 0 radical (unpaired) electrons. The molecule has 0 bridgehead atoms. The van der Waals surface area contributed by atoms with E-state index in [-0.39, 0.29) is 23.0 Å². The Bertz CT molecular complexity index is 1020. The van der Waals surface area contributed by atoms with Gasteiger partial charge in [-0.05, 0) is 83.7 Å². The number of ether oxygens (including phenoxy) is 2. The number of benzene rings is 2. The third kappa shape index (κ3) is 7.78. The highest BCUT2D eigenvalue weighted by Crippen LogP contribution is 2.26. The largest absolute Gasteiger partial charge is 0.492 e.